The fraction of sp³-hybridized carbons (Fsp3) is 0.143. The smallest absolute Gasteiger partial charge is 0.238 e. The Hall–Kier alpha value is -4.35. The molecule has 41 heavy (non-hydrogen) atoms. The number of nitrogens with zero attached hydrogens (tertiary/aromatic N) is 2. The van der Waals surface area contributed by atoms with Gasteiger partial charge in [0.15, 0.2) is 11.5 Å². The van der Waals surface area contributed by atoms with Crippen LogP contribution < -0.4 is 9.47 Å². The maximum Gasteiger partial charge on any atom is 0.238 e. The van der Waals surface area contributed by atoms with Crippen molar-refractivity contribution in [2.75, 3.05) is 6.61 Å². The van der Waals surface area contributed by atoms with Crippen molar-refractivity contribution in [1.82, 2.24) is 0 Å². The van der Waals surface area contributed by atoms with Crippen LogP contribution in [0.4, 0.5) is 5.88 Å². The van der Waals surface area contributed by atoms with E-state index in [1.165, 1.54) is 0 Å². The molecule has 5 aromatic rings. The van der Waals surface area contributed by atoms with E-state index in [0.717, 1.165) is 42.5 Å². The molecule has 5 nitrogen and oxygen atoms in total. The Morgan fingerprint density at radius 3 is 2.17 bits per heavy atom. The van der Waals surface area contributed by atoms with Gasteiger partial charge in [-0.3, -0.25) is 0 Å². The molecule has 5 rings (SSSR count). The Labute approximate surface area is 254 Å². The first-order chi connectivity index (χ1) is 20.0. The van der Waals surface area contributed by atoms with Crippen LogP contribution in [0, 0.1) is 28.7 Å². The van der Waals surface area contributed by atoms with Crippen LogP contribution in [0.2, 0.25) is 0 Å². The predicted octanol–water partition coefficient (Wildman–Crippen LogP) is 9.44. The number of furan rings is 1. The number of ether oxygens (including phenoxy) is 2. The minimum Gasteiger partial charge on any atom is -0.490 e. The second kappa shape index (κ2) is 12.9. The number of aliphatic imine (C=N–C) groups is 1. The molecule has 0 radical (unpaired) electrons. The lowest BCUT2D eigenvalue weighted by Gasteiger charge is -2.14. The minimum atomic E-state index is 0.260. The monoisotopic (exact) mass is 652 g/mol. The number of halogens is 1. The van der Waals surface area contributed by atoms with Crippen molar-refractivity contribution in [3.05, 3.63) is 122 Å². The van der Waals surface area contributed by atoms with Crippen molar-refractivity contribution in [2.24, 2.45) is 4.99 Å². The average Bonchev–Trinajstić information content (AvgIpc) is 3.35. The van der Waals surface area contributed by atoms with Crippen LogP contribution in [-0.4, -0.2) is 12.8 Å². The van der Waals surface area contributed by atoms with E-state index in [2.05, 4.69) is 33.7 Å². The summed E-state index contributed by atoms with van der Waals surface area (Å²) < 4.78 is 19.3. The molecule has 0 spiro atoms. The normalized spacial score (nSPS) is 11.0. The first kappa shape index (κ1) is 28.2. The first-order valence-electron chi connectivity index (χ1n) is 13.3. The lowest BCUT2D eigenvalue weighted by Crippen LogP contribution is -2.02. The lowest BCUT2D eigenvalue weighted by molar-refractivity contribution is 0.267. The summed E-state index contributed by atoms with van der Waals surface area (Å²) in [6, 6.07) is 32.4. The van der Waals surface area contributed by atoms with Gasteiger partial charge >= 0.3 is 0 Å². The van der Waals surface area contributed by atoms with Crippen molar-refractivity contribution in [1.29, 1.82) is 5.26 Å². The van der Waals surface area contributed by atoms with Gasteiger partial charge in [-0.1, -0.05) is 90.0 Å². The van der Waals surface area contributed by atoms with Gasteiger partial charge in [-0.05, 0) is 72.2 Å². The van der Waals surface area contributed by atoms with Crippen LogP contribution in [0.15, 0.2) is 100 Å². The number of rotatable bonds is 9. The third kappa shape index (κ3) is 6.53. The van der Waals surface area contributed by atoms with Crippen LogP contribution in [0.25, 0.3) is 22.5 Å². The van der Waals surface area contributed by atoms with Crippen LogP contribution in [0.3, 0.4) is 0 Å². The van der Waals surface area contributed by atoms with Crippen LogP contribution in [-0.2, 0) is 6.61 Å². The molecular formula is C35H29IN2O3. The van der Waals surface area contributed by atoms with Crippen molar-refractivity contribution in [3.63, 3.8) is 0 Å². The zero-order valence-electron chi connectivity index (χ0n) is 23.1. The molecule has 1 aromatic heterocycles. The molecule has 0 aliphatic rings. The zero-order chi connectivity index (χ0) is 28.8. The molecule has 0 N–H and O–H groups in total. The largest absolute Gasteiger partial charge is 0.490 e. The third-order valence-electron chi connectivity index (χ3n) is 6.54. The van der Waals surface area contributed by atoms with Gasteiger partial charge in [-0.2, -0.15) is 5.26 Å². The van der Waals surface area contributed by atoms with E-state index in [4.69, 9.17) is 13.9 Å². The van der Waals surface area contributed by atoms with Crippen molar-refractivity contribution in [2.45, 2.75) is 27.4 Å². The molecule has 0 amide bonds. The first-order valence-corrected chi connectivity index (χ1v) is 14.4. The Morgan fingerprint density at radius 1 is 0.878 bits per heavy atom. The highest BCUT2D eigenvalue weighted by molar-refractivity contribution is 14.1. The van der Waals surface area contributed by atoms with E-state index in [1.807, 2.05) is 112 Å². The van der Waals surface area contributed by atoms with Gasteiger partial charge in [0.1, 0.15) is 24.0 Å². The Bertz CT molecular complexity index is 1720. The molecule has 0 bridgehead atoms. The summed E-state index contributed by atoms with van der Waals surface area (Å²) in [6.07, 6.45) is 1.70. The molecule has 4 aromatic carbocycles. The van der Waals surface area contributed by atoms with E-state index in [-0.39, 0.29) is 5.88 Å². The quantitative estimate of drug-likeness (QED) is 0.118. The number of aryl methyl sites for hydroxylation is 2. The van der Waals surface area contributed by atoms with Gasteiger partial charge in [0, 0.05) is 17.3 Å². The van der Waals surface area contributed by atoms with Gasteiger partial charge in [0.2, 0.25) is 5.88 Å². The van der Waals surface area contributed by atoms with Gasteiger partial charge < -0.3 is 13.9 Å². The molecule has 0 fully saturated rings. The van der Waals surface area contributed by atoms with Gasteiger partial charge in [0.25, 0.3) is 0 Å². The van der Waals surface area contributed by atoms with Gasteiger partial charge in [0.05, 0.1) is 10.2 Å². The maximum absolute atomic E-state index is 10.2. The topological polar surface area (TPSA) is 67.8 Å². The second-order valence-electron chi connectivity index (χ2n) is 9.63. The molecule has 0 aliphatic carbocycles. The zero-order valence-corrected chi connectivity index (χ0v) is 25.3. The number of nitriles is 1. The van der Waals surface area contributed by atoms with Crippen LogP contribution in [0.1, 0.15) is 34.7 Å². The fourth-order valence-electron chi connectivity index (χ4n) is 4.45. The summed E-state index contributed by atoms with van der Waals surface area (Å²) >= 11 is 2.25. The molecule has 0 unspecified atom stereocenters. The van der Waals surface area contributed by atoms with Crippen molar-refractivity contribution in [3.8, 4) is 40.0 Å². The molecule has 0 saturated heterocycles. The molecule has 204 valence electrons. The minimum absolute atomic E-state index is 0.260. The van der Waals surface area contributed by atoms with Gasteiger partial charge in [-0.15, -0.1) is 0 Å². The van der Waals surface area contributed by atoms with E-state index in [1.54, 1.807) is 6.21 Å². The van der Waals surface area contributed by atoms with E-state index in [0.29, 0.717) is 36.0 Å². The fourth-order valence-corrected chi connectivity index (χ4v) is 5.23. The standard InChI is InChI=1S/C35H29IN2O3/c1-4-39-31-19-26(18-30(36)34(31)40-22-25-8-6-5-7-9-25)21-38-35-29(20-37)32(27-14-10-23(2)11-15-27)33(41-35)28-16-12-24(3)13-17-28/h5-19,21H,4,22H2,1-3H3. The molecule has 6 heteroatoms. The molecule has 0 atom stereocenters. The Morgan fingerprint density at radius 2 is 1.54 bits per heavy atom. The highest BCUT2D eigenvalue weighted by atomic mass is 127. The lowest BCUT2D eigenvalue weighted by atomic mass is 9.97. The predicted molar refractivity (Wildman–Crippen MR) is 172 cm³/mol. The summed E-state index contributed by atoms with van der Waals surface area (Å²) in [5.74, 6) is 2.20. The Kier molecular flexibility index (Phi) is 8.85. The summed E-state index contributed by atoms with van der Waals surface area (Å²) in [5.41, 5.74) is 7.08. The van der Waals surface area contributed by atoms with Crippen LogP contribution in [0.5, 0.6) is 11.5 Å². The molecule has 0 aliphatic heterocycles. The number of hydrogen-bond donors (Lipinski definition) is 0. The van der Waals surface area contributed by atoms with E-state index in [9.17, 15) is 5.26 Å². The second-order valence-corrected chi connectivity index (χ2v) is 10.8. The van der Waals surface area contributed by atoms with Crippen molar-refractivity contribution < 1.29 is 13.9 Å². The van der Waals surface area contributed by atoms with Gasteiger partial charge in [-0.25, -0.2) is 4.99 Å². The summed E-state index contributed by atoms with van der Waals surface area (Å²) in [5, 5.41) is 10.2. The van der Waals surface area contributed by atoms with Crippen LogP contribution >= 0.6 is 22.6 Å². The summed E-state index contributed by atoms with van der Waals surface area (Å²) in [6.45, 7) is 6.95. The highest BCUT2D eigenvalue weighted by Gasteiger charge is 2.23. The third-order valence-corrected chi connectivity index (χ3v) is 7.35. The number of benzene rings is 4. The SMILES string of the molecule is CCOc1cc(C=Nc2oc(-c3ccc(C)cc3)c(-c3ccc(C)cc3)c2C#N)cc(I)c1OCc1ccccc1. The summed E-state index contributed by atoms with van der Waals surface area (Å²) in [7, 11) is 0. The number of hydrogen-bond acceptors (Lipinski definition) is 5. The average molecular weight is 653 g/mol. The Balaban J connectivity index is 1.53. The maximum atomic E-state index is 10.2. The molecule has 1 heterocycles. The molecule has 0 saturated carbocycles. The molecular weight excluding hydrogens is 623 g/mol. The summed E-state index contributed by atoms with van der Waals surface area (Å²) in [4.78, 5) is 4.67. The van der Waals surface area contributed by atoms with E-state index >= 15 is 0 Å². The highest BCUT2D eigenvalue weighted by Crippen LogP contribution is 2.43. The van der Waals surface area contributed by atoms with E-state index < -0.39 is 0 Å². The van der Waals surface area contributed by atoms with Crippen molar-refractivity contribution >= 4 is 34.7 Å².